The number of pyridine rings is 1. The molecule has 20 heavy (non-hydrogen) atoms. The fourth-order valence-corrected chi connectivity index (χ4v) is 2.03. The first kappa shape index (κ1) is 14.8. The zero-order valence-corrected chi connectivity index (χ0v) is 12.7. The average molecular weight is 291 g/mol. The molecule has 0 saturated carbocycles. The van der Waals surface area contributed by atoms with Crippen LogP contribution in [-0.2, 0) is 6.54 Å². The Bertz CT molecular complexity index is 567. The fraction of sp³-hybridized carbons (Fsp3) is 0.312. The van der Waals surface area contributed by atoms with Gasteiger partial charge in [-0.25, -0.2) is 4.98 Å². The number of hydrogen-bond acceptors (Lipinski definition) is 3. The van der Waals surface area contributed by atoms with Crippen molar-refractivity contribution < 1.29 is 4.74 Å². The number of hydrogen-bond donors (Lipinski definition) is 1. The van der Waals surface area contributed by atoms with Crippen LogP contribution in [-0.4, -0.2) is 12.0 Å². The second-order valence-electron chi connectivity index (χ2n) is 4.93. The van der Waals surface area contributed by atoms with Gasteiger partial charge in [0.1, 0.15) is 5.75 Å². The van der Waals surface area contributed by atoms with E-state index in [0.717, 1.165) is 11.4 Å². The summed E-state index contributed by atoms with van der Waals surface area (Å²) in [4.78, 5) is 4.40. The van der Waals surface area contributed by atoms with Crippen molar-refractivity contribution in [1.29, 1.82) is 0 Å². The quantitative estimate of drug-likeness (QED) is 0.888. The molecule has 106 valence electrons. The molecule has 2 rings (SSSR count). The molecule has 1 aromatic carbocycles. The molecule has 0 amide bonds. The number of nitrogens with zero attached hydrogens (tertiary/aromatic N) is 1. The van der Waals surface area contributed by atoms with Crippen LogP contribution in [0, 0.1) is 0 Å². The molecule has 0 radical (unpaired) electrons. The highest BCUT2D eigenvalue weighted by molar-refractivity contribution is 6.31. The zero-order valence-electron chi connectivity index (χ0n) is 12.0. The normalized spacial score (nSPS) is 10.8. The van der Waals surface area contributed by atoms with Gasteiger partial charge in [-0.05, 0) is 36.7 Å². The Hall–Kier alpha value is -1.58. The minimum atomic E-state index is 0.514. The molecule has 0 bridgehead atoms. The molecular weight excluding hydrogens is 272 g/mol. The molecule has 0 aliphatic rings. The molecule has 4 heteroatoms. The van der Waals surface area contributed by atoms with Crippen molar-refractivity contribution >= 4 is 11.6 Å². The van der Waals surface area contributed by atoms with Gasteiger partial charge in [-0.3, -0.25) is 0 Å². The third-order valence-electron chi connectivity index (χ3n) is 3.01. The molecule has 1 aromatic heterocycles. The molecule has 1 N–H and O–H groups in total. The minimum Gasteiger partial charge on any atom is -0.439 e. The van der Waals surface area contributed by atoms with Crippen molar-refractivity contribution in [2.45, 2.75) is 26.3 Å². The van der Waals surface area contributed by atoms with Gasteiger partial charge in [0.05, 0.1) is 10.7 Å². The first-order chi connectivity index (χ1) is 9.60. The van der Waals surface area contributed by atoms with E-state index >= 15 is 0 Å². The van der Waals surface area contributed by atoms with Crippen LogP contribution in [0.2, 0.25) is 5.02 Å². The van der Waals surface area contributed by atoms with Crippen molar-refractivity contribution in [2.75, 3.05) is 7.05 Å². The second kappa shape index (κ2) is 6.73. The van der Waals surface area contributed by atoms with Crippen molar-refractivity contribution in [3.8, 4) is 11.6 Å². The Morgan fingerprint density at radius 3 is 2.45 bits per heavy atom. The molecule has 0 aliphatic heterocycles. The van der Waals surface area contributed by atoms with E-state index in [9.17, 15) is 0 Å². The van der Waals surface area contributed by atoms with Gasteiger partial charge >= 0.3 is 0 Å². The van der Waals surface area contributed by atoms with Crippen molar-refractivity contribution in [1.82, 2.24) is 10.3 Å². The smallest absolute Gasteiger partial charge is 0.219 e. The SMILES string of the molecule is CNCc1nc(Oc2ccc(C(C)C)cc2)ccc1Cl. The second-order valence-corrected chi connectivity index (χ2v) is 5.34. The van der Waals surface area contributed by atoms with E-state index < -0.39 is 0 Å². The minimum absolute atomic E-state index is 0.514. The van der Waals surface area contributed by atoms with Gasteiger partial charge < -0.3 is 10.1 Å². The summed E-state index contributed by atoms with van der Waals surface area (Å²) in [6, 6.07) is 11.7. The van der Waals surface area contributed by atoms with E-state index in [-0.39, 0.29) is 0 Å². The van der Waals surface area contributed by atoms with Crippen LogP contribution in [0.4, 0.5) is 0 Å². The van der Waals surface area contributed by atoms with E-state index in [1.165, 1.54) is 5.56 Å². The van der Waals surface area contributed by atoms with Gasteiger partial charge in [-0.1, -0.05) is 37.6 Å². The van der Waals surface area contributed by atoms with Gasteiger partial charge in [0.2, 0.25) is 5.88 Å². The maximum atomic E-state index is 6.08. The molecule has 3 nitrogen and oxygen atoms in total. The Morgan fingerprint density at radius 2 is 1.85 bits per heavy atom. The third-order valence-corrected chi connectivity index (χ3v) is 3.35. The standard InChI is InChI=1S/C16H19ClN2O/c1-11(2)12-4-6-13(7-5-12)20-16-9-8-14(17)15(19-16)10-18-3/h4-9,11,18H,10H2,1-3H3. The molecule has 0 atom stereocenters. The molecular formula is C16H19ClN2O. The Labute approximate surface area is 124 Å². The maximum Gasteiger partial charge on any atom is 0.219 e. The maximum absolute atomic E-state index is 6.08. The van der Waals surface area contributed by atoms with Crippen molar-refractivity contribution in [2.24, 2.45) is 0 Å². The predicted molar refractivity (Wildman–Crippen MR) is 82.6 cm³/mol. The number of rotatable bonds is 5. The summed E-state index contributed by atoms with van der Waals surface area (Å²) in [5, 5.41) is 3.67. The molecule has 0 saturated heterocycles. The Balaban J connectivity index is 2.15. The summed E-state index contributed by atoms with van der Waals surface area (Å²) in [5.41, 5.74) is 2.07. The average Bonchev–Trinajstić information content (AvgIpc) is 2.43. The van der Waals surface area contributed by atoms with Gasteiger partial charge in [0.15, 0.2) is 0 Å². The zero-order chi connectivity index (χ0) is 14.5. The summed E-state index contributed by atoms with van der Waals surface area (Å²) in [6.07, 6.45) is 0. The van der Waals surface area contributed by atoms with Crippen LogP contribution in [0.5, 0.6) is 11.6 Å². The van der Waals surface area contributed by atoms with Crippen molar-refractivity contribution in [3.63, 3.8) is 0 Å². The molecule has 2 aromatic rings. The fourth-order valence-electron chi connectivity index (χ4n) is 1.85. The molecule has 0 unspecified atom stereocenters. The monoisotopic (exact) mass is 290 g/mol. The third kappa shape index (κ3) is 3.71. The number of benzene rings is 1. The van der Waals surface area contributed by atoms with E-state index in [2.05, 4.69) is 36.3 Å². The Kier molecular flexibility index (Phi) is 4.99. The lowest BCUT2D eigenvalue weighted by Crippen LogP contribution is -2.07. The first-order valence-electron chi connectivity index (χ1n) is 6.68. The summed E-state index contributed by atoms with van der Waals surface area (Å²) >= 11 is 6.08. The van der Waals surface area contributed by atoms with Gasteiger partial charge in [0.25, 0.3) is 0 Å². The van der Waals surface area contributed by atoms with E-state index in [0.29, 0.717) is 23.4 Å². The van der Waals surface area contributed by atoms with Crippen LogP contribution in [0.3, 0.4) is 0 Å². The van der Waals surface area contributed by atoms with Crippen LogP contribution in [0.25, 0.3) is 0 Å². The highest BCUT2D eigenvalue weighted by Crippen LogP contribution is 2.25. The van der Waals surface area contributed by atoms with Crippen LogP contribution < -0.4 is 10.1 Å². The molecule has 1 heterocycles. The van der Waals surface area contributed by atoms with E-state index in [1.54, 1.807) is 12.1 Å². The summed E-state index contributed by atoms with van der Waals surface area (Å²) in [5.74, 6) is 1.84. The van der Waals surface area contributed by atoms with Crippen LogP contribution in [0.1, 0.15) is 31.0 Å². The first-order valence-corrected chi connectivity index (χ1v) is 7.05. The summed E-state index contributed by atoms with van der Waals surface area (Å²) < 4.78 is 5.76. The number of nitrogens with one attached hydrogen (secondary N) is 1. The van der Waals surface area contributed by atoms with Crippen LogP contribution in [0.15, 0.2) is 36.4 Å². The largest absolute Gasteiger partial charge is 0.439 e. The van der Waals surface area contributed by atoms with E-state index in [4.69, 9.17) is 16.3 Å². The van der Waals surface area contributed by atoms with Gasteiger partial charge in [-0.15, -0.1) is 0 Å². The van der Waals surface area contributed by atoms with Crippen molar-refractivity contribution in [3.05, 3.63) is 52.7 Å². The lowest BCUT2D eigenvalue weighted by atomic mass is 10.0. The molecule has 0 spiro atoms. The summed E-state index contributed by atoms with van der Waals surface area (Å²) in [7, 11) is 1.86. The molecule has 0 fully saturated rings. The topological polar surface area (TPSA) is 34.2 Å². The molecule has 0 aliphatic carbocycles. The Morgan fingerprint density at radius 1 is 1.15 bits per heavy atom. The predicted octanol–water partition coefficient (Wildman–Crippen LogP) is 4.37. The highest BCUT2D eigenvalue weighted by Gasteiger charge is 2.06. The highest BCUT2D eigenvalue weighted by atomic mass is 35.5. The lowest BCUT2D eigenvalue weighted by molar-refractivity contribution is 0.460. The number of ether oxygens (including phenoxy) is 1. The number of halogens is 1. The number of aromatic nitrogens is 1. The van der Waals surface area contributed by atoms with Gasteiger partial charge in [-0.2, -0.15) is 0 Å². The summed E-state index contributed by atoms with van der Waals surface area (Å²) in [6.45, 7) is 4.95. The van der Waals surface area contributed by atoms with Gasteiger partial charge in [0, 0.05) is 12.6 Å². The van der Waals surface area contributed by atoms with E-state index in [1.807, 2.05) is 19.2 Å². The lowest BCUT2D eigenvalue weighted by Gasteiger charge is -2.09. The van der Waals surface area contributed by atoms with Crippen LogP contribution >= 0.6 is 11.6 Å².